The molecule has 1 N–H and O–H groups in total. The summed E-state index contributed by atoms with van der Waals surface area (Å²) in [4.78, 5) is 9.46. The summed E-state index contributed by atoms with van der Waals surface area (Å²) in [6, 6.07) is 6.81. The molecular weight excluding hydrogens is 495 g/mol. The van der Waals surface area contributed by atoms with Gasteiger partial charge in [-0.05, 0) is 43.9 Å². The Balaban J connectivity index is 0.00000320. The first-order valence-electron chi connectivity index (χ1n) is 10.8. The SMILES string of the molecule is CCOc1cc(CCCNC(=NC)N2CCC(N3CCOCC3)C2)ccc1OC.I. The fourth-order valence-corrected chi connectivity index (χ4v) is 4.14. The van der Waals surface area contributed by atoms with Crippen molar-refractivity contribution in [3.05, 3.63) is 23.8 Å². The Kier molecular flexibility index (Phi) is 11.0. The Morgan fingerprint density at radius 3 is 2.73 bits per heavy atom. The Hall–Kier alpha value is -1.26. The van der Waals surface area contributed by atoms with E-state index in [1.165, 1.54) is 12.0 Å². The molecular formula is C22H37IN4O3. The van der Waals surface area contributed by atoms with Gasteiger partial charge in [-0.3, -0.25) is 9.89 Å². The summed E-state index contributed by atoms with van der Waals surface area (Å²) in [7, 11) is 3.55. The molecule has 30 heavy (non-hydrogen) atoms. The van der Waals surface area contributed by atoms with Gasteiger partial charge in [0.2, 0.25) is 0 Å². The quantitative estimate of drug-likeness (QED) is 0.241. The van der Waals surface area contributed by atoms with E-state index in [0.29, 0.717) is 12.6 Å². The minimum absolute atomic E-state index is 0. The summed E-state index contributed by atoms with van der Waals surface area (Å²) >= 11 is 0. The minimum Gasteiger partial charge on any atom is -0.493 e. The molecule has 0 amide bonds. The highest BCUT2D eigenvalue weighted by Gasteiger charge is 2.30. The van der Waals surface area contributed by atoms with Crippen LogP contribution >= 0.6 is 24.0 Å². The van der Waals surface area contributed by atoms with Crippen LogP contribution in [0.2, 0.25) is 0 Å². The molecule has 2 heterocycles. The number of benzene rings is 1. The number of nitrogens with one attached hydrogen (secondary N) is 1. The van der Waals surface area contributed by atoms with Crippen LogP contribution in [0.5, 0.6) is 11.5 Å². The fraction of sp³-hybridized carbons (Fsp3) is 0.682. The number of aryl methyl sites for hydroxylation is 1. The number of rotatable bonds is 8. The lowest BCUT2D eigenvalue weighted by atomic mass is 10.1. The number of aliphatic imine (C=N–C) groups is 1. The van der Waals surface area contributed by atoms with Gasteiger partial charge >= 0.3 is 0 Å². The first-order valence-corrected chi connectivity index (χ1v) is 10.8. The van der Waals surface area contributed by atoms with E-state index >= 15 is 0 Å². The Bertz CT molecular complexity index is 668. The maximum atomic E-state index is 5.68. The van der Waals surface area contributed by atoms with Crippen molar-refractivity contribution >= 4 is 29.9 Å². The standard InChI is InChI=1S/C22H36N4O3.HI/c1-4-29-21-16-18(7-8-20(21)27-3)6-5-10-24-22(23-2)26-11-9-19(17-26)25-12-14-28-15-13-25;/h7-8,16,19H,4-6,9-15,17H2,1-3H3,(H,23,24);1H. The number of methoxy groups -OCH3 is 1. The second-order valence-electron chi connectivity index (χ2n) is 7.53. The third kappa shape index (κ3) is 6.88. The summed E-state index contributed by atoms with van der Waals surface area (Å²) in [5, 5.41) is 3.54. The first kappa shape index (κ1) is 25.0. The van der Waals surface area contributed by atoms with Crippen LogP contribution in [0, 0.1) is 0 Å². The Morgan fingerprint density at radius 2 is 2.03 bits per heavy atom. The van der Waals surface area contributed by atoms with Gasteiger partial charge in [0.25, 0.3) is 0 Å². The topological polar surface area (TPSA) is 58.6 Å². The smallest absolute Gasteiger partial charge is 0.193 e. The highest BCUT2D eigenvalue weighted by molar-refractivity contribution is 14.0. The third-order valence-corrected chi connectivity index (χ3v) is 5.69. The van der Waals surface area contributed by atoms with E-state index in [1.54, 1.807) is 7.11 Å². The molecule has 1 unspecified atom stereocenters. The van der Waals surface area contributed by atoms with Gasteiger partial charge in [-0.1, -0.05) is 6.07 Å². The zero-order valence-corrected chi connectivity index (χ0v) is 20.9. The van der Waals surface area contributed by atoms with Crippen molar-refractivity contribution in [2.75, 3.05) is 66.7 Å². The van der Waals surface area contributed by atoms with Crippen LogP contribution in [-0.4, -0.2) is 88.5 Å². The number of hydrogen-bond acceptors (Lipinski definition) is 5. The zero-order chi connectivity index (χ0) is 20.5. The summed E-state index contributed by atoms with van der Waals surface area (Å²) < 4.78 is 16.5. The van der Waals surface area contributed by atoms with Crippen LogP contribution < -0.4 is 14.8 Å². The van der Waals surface area contributed by atoms with Crippen molar-refractivity contribution in [2.45, 2.75) is 32.2 Å². The Labute approximate surface area is 198 Å². The molecule has 8 heteroatoms. The average Bonchev–Trinajstić information content (AvgIpc) is 3.25. The molecule has 1 atom stereocenters. The number of likely N-dealkylation sites (tertiary alicyclic amines) is 1. The van der Waals surface area contributed by atoms with Crippen LogP contribution in [-0.2, 0) is 11.2 Å². The molecule has 3 rings (SSSR count). The van der Waals surface area contributed by atoms with Crippen LogP contribution in [0.15, 0.2) is 23.2 Å². The van der Waals surface area contributed by atoms with E-state index in [-0.39, 0.29) is 24.0 Å². The molecule has 2 aliphatic heterocycles. The molecule has 0 radical (unpaired) electrons. The van der Waals surface area contributed by atoms with Gasteiger partial charge in [0.15, 0.2) is 17.5 Å². The van der Waals surface area contributed by atoms with Crippen molar-refractivity contribution in [3.63, 3.8) is 0 Å². The van der Waals surface area contributed by atoms with E-state index < -0.39 is 0 Å². The summed E-state index contributed by atoms with van der Waals surface area (Å²) in [6.07, 6.45) is 3.23. The molecule has 7 nitrogen and oxygen atoms in total. The van der Waals surface area contributed by atoms with Gasteiger partial charge in [0, 0.05) is 45.8 Å². The lowest BCUT2D eigenvalue weighted by molar-refractivity contribution is 0.0195. The van der Waals surface area contributed by atoms with Crippen molar-refractivity contribution in [1.82, 2.24) is 15.1 Å². The number of halogens is 1. The summed E-state index contributed by atoms with van der Waals surface area (Å²) in [5.74, 6) is 2.63. The molecule has 2 aliphatic rings. The average molecular weight is 532 g/mol. The van der Waals surface area contributed by atoms with Gasteiger partial charge in [0.1, 0.15) is 0 Å². The van der Waals surface area contributed by atoms with Crippen LogP contribution in [0.25, 0.3) is 0 Å². The van der Waals surface area contributed by atoms with E-state index in [4.69, 9.17) is 14.2 Å². The van der Waals surface area contributed by atoms with Crippen LogP contribution in [0.1, 0.15) is 25.3 Å². The van der Waals surface area contributed by atoms with Gasteiger partial charge < -0.3 is 24.4 Å². The lowest BCUT2D eigenvalue weighted by Crippen LogP contribution is -2.46. The molecule has 170 valence electrons. The fourth-order valence-electron chi connectivity index (χ4n) is 4.14. The molecule has 0 bridgehead atoms. The first-order chi connectivity index (χ1) is 14.2. The number of guanidine groups is 1. The van der Waals surface area contributed by atoms with Crippen molar-refractivity contribution in [3.8, 4) is 11.5 Å². The normalized spacial score (nSPS) is 20.0. The molecule has 0 saturated carbocycles. The number of ether oxygens (including phenoxy) is 3. The number of morpholine rings is 1. The van der Waals surface area contributed by atoms with Crippen molar-refractivity contribution in [1.29, 1.82) is 0 Å². The predicted molar refractivity (Wildman–Crippen MR) is 132 cm³/mol. The van der Waals surface area contributed by atoms with Gasteiger partial charge in [0.05, 0.1) is 26.9 Å². The van der Waals surface area contributed by atoms with E-state index in [1.807, 2.05) is 20.0 Å². The molecule has 0 aromatic heterocycles. The predicted octanol–water partition coefficient (Wildman–Crippen LogP) is 2.63. The molecule has 0 aliphatic carbocycles. The largest absolute Gasteiger partial charge is 0.493 e. The van der Waals surface area contributed by atoms with E-state index in [0.717, 1.165) is 76.2 Å². The molecule has 2 fully saturated rings. The minimum atomic E-state index is 0. The highest BCUT2D eigenvalue weighted by atomic mass is 127. The number of nitrogens with zero attached hydrogens (tertiary/aromatic N) is 3. The van der Waals surface area contributed by atoms with Crippen LogP contribution in [0.3, 0.4) is 0 Å². The molecule has 1 aromatic carbocycles. The maximum absolute atomic E-state index is 5.68. The summed E-state index contributed by atoms with van der Waals surface area (Å²) in [6.45, 7) is 9.48. The summed E-state index contributed by atoms with van der Waals surface area (Å²) in [5.41, 5.74) is 1.26. The zero-order valence-electron chi connectivity index (χ0n) is 18.6. The molecule has 0 spiro atoms. The van der Waals surface area contributed by atoms with Gasteiger partial charge in [-0.2, -0.15) is 0 Å². The molecule has 1 aromatic rings. The Morgan fingerprint density at radius 1 is 1.23 bits per heavy atom. The second-order valence-corrected chi connectivity index (χ2v) is 7.53. The monoisotopic (exact) mass is 532 g/mol. The maximum Gasteiger partial charge on any atom is 0.193 e. The van der Waals surface area contributed by atoms with Crippen molar-refractivity contribution in [2.24, 2.45) is 4.99 Å². The highest BCUT2D eigenvalue weighted by Crippen LogP contribution is 2.28. The second kappa shape index (κ2) is 13.2. The van der Waals surface area contributed by atoms with Crippen LogP contribution in [0.4, 0.5) is 0 Å². The van der Waals surface area contributed by atoms with E-state index in [2.05, 4.69) is 32.2 Å². The third-order valence-electron chi connectivity index (χ3n) is 5.69. The van der Waals surface area contributed by atoms with Gasteiger partial charge in [-0.15, -0.1) is 24.0 Å². The van der Waals surface area contributed by atoms with Crippen molar-refractivity contribution < 1.29 is 14.2 Å². The number of hydrogen-bond donors (Lipinski definition) is 1. The lowest BCUT2D eigenvalue weighted by Gasteiger charge is -2.32. The van der Waals surface area contributed by atoms with E-state index in [9.17, 15) is 0 Å². The molecule has 2 saturated heterocycles. The van der Waals surface area contributed by atoms with Gasteiger partial charge in [-0.25, -0.2) is 0 Å².